The average molecular weight is 314 g/mol. The van der Waals surface area contributed by atoms with Gasteiger partial charge in [-0.2, -0.15) is 0 Å². The van der Waals surface area contributed by atoms with Crippen LogP contribution in [0.1, 0.15) is 11.4 Å². The summed E-state index contributed by atoms with van der Waals surface area (Å²) in [5.41, 5.74) is 0.365. The molecule has 0 atom stereocenters. The quantitative estimate of drug-likeness (QED) is 0.913. The van der Waals surface area contributed by atoms with Gasteiger partial charge >= 0.3 is 0 Å². The number of rotatable bonds is 3. The van der Waals surface area contributed by atoms with Crippen LogP contribution in [0.3, 0.4) is 0 Å². The van der Waals surface area contributed by atoms with Crippen molar-refractivity contribution in [2.75, 3.05) is 0 Å². The normalized spacial score (nSPS) is 12.6. The lowest BCUT2D eigenvalue weighted by Gasteiger charge is -2.10. The minimum Gasteiger partial charge on any atom is -0.242 e. The Morgan fingerprint density at radius 3 is 2.00 bits per heavy atom. The highest BCUT2D eigenvalue weighted by molar-refractivity contribution is 7.90. The van der Waals surface area contributed by atoms with Gasteiger partial charge in [0.2, 0.25) is 10.0 Å². The Labute approximate surface area is 117 Å². The van der Waals surface area contributed by atoms with E-state index in [9.17, 15) is 16.8 Å². The Hall–Kier alpha value is -1.64. The summed E-state index contributed by atoms with van der Waals surface area (Å²) in [5.74, 6) is 0. The fraction of sp³-hybridized carbons (Fsp3) is 0.167. The molecule has 0 radical (unpaired) electrons. The van der Waals surface area contributed by atoms with Crippen molar-refractivity contribution in [3.8, 4) is 0 Å². The molecular formula is C12H14N2O4S2. The van der Waals surface area contributed by atoms with Crippen LogP contribution < -0.4 is 5.14 Å². The molecule has 6 nitrogen and oxygen atoms in total. The maximum absolute atomic E-state index is 12.5. The van der Waals surface area contributed by atoms with Crippen LogP contribution in [0, 0.1) is 13.8 Å². The highest BCUT2D eigenvalue weighted by Crippen LogP contribution is 2.24. The molecule has 0 saturated heterocycles. The molecule has 2 N–H and O–H groups in total. The molecule has 1 heterocycles. The average Bonchev–Trinajstić information content (AvgIpc) is 2.66. The van der Waals surface area contributed by atoms with Gasteiger partial charge in [-0.3, -0.25) is 0 Å². The standard InChI is InChI=1S/C12H14N2O4S2/c1-9-8-12(19(13,15)16)10(2)14(9)20(17,18)11-6-4-3-5-7-11/h3-8H,1-2H3,(H2,13,15,16). The zero-order valence-corrected chi connectivity index (χ0v) is 12.6. The Bertz CT molecular complexity index is 850. The van der Waals surface area contributed by atoms with Crippen molar-refractivity contribution >= 4 is 20.0 Å². The number of benzene rings is 1. The predicted octanol–water partition coefficient (Wildman–Crippen LogP) is 0.989. The number of hydrogen-bond donors (Lipinski definition) is 1. The van der Waals surface area contributed by atoms with E-state index in [0.29, 0.717) is 0 Å². The molecule has 1 aromatic heterocycles. The van der Waals surface area contributed by atoms with Crippen molar-refractivity contribution in [3.63, 3.8) is 0 Å². The SMILES string of the molecule is Cc1cc(S(N)(=O)=O)c(C)n1S(=O)(=O)c1ccccc1. The van der Waals surface area contributed by atoms with Gasteiger partial charge in [-0.25, -0.2) is 25.9 Å². The van der Waals surface area contributed by atoms with E-state index in [1.54, 1.807) is 18.2 Å². The molecule has 20 heavy (non-hydrogen) atoms. The summed E-state index contributed by atoms with van der Waals surface area (Å²) in [5, 5.41) is 5.09. The number of aromatic nitrogens is 1. The summed E-state index contributed by atoms with van der Waals surface area (Å²) >= 11 is 0. The highest BCUT2D eigenvalue weighted by Gasteiger charge is 2.26. The number of hydrogen-bond acceptors (Lipinski definition) is 4. The van der Waals surface area contributed by atoms with Crippen molar-refractivity contribution < 1.29 is 16.8 Å². The first-order chi connectivity index (χ1) is 9.15. The molecule has 0 amide bonds. The van der Waals surface area contributed by atoms with E-state index in [4.69, 9.17) is 5.14 Å². The first-order valence-electron chi connectivity index (χ1n) is 5.68. The van der Waals surface area contributed by atoms with E-state index in [2.05, 4.69) is 0 Å². The third kappa shape index (κ3) is 2.37. The van der Waals surface area contributed by atoms with E-state index in [0.717, 1.165) is 3.97 Å². The van der Waals surface area contributed by atoms with Crippen molar-refractivity contribution in [2.45, 2.75) is 23.6 Å². The topological polar surface area (TPSA) is 99.2 Å². The minimum absolute atomic E-state index is 0.0776. The second-order valence-corrected chi connectivity index (χ2v) is 7.68. The minimum atomic E-state index is -3.96. The van der Waals surface area contributed by atoms with Crippen LogP contribution in [-0.2, 0) is 20.0 Å². The summed E-state index contributed by atoms with van der Waals surface area (Å²) in [7, 11) is -7.81. The molecule has 0 spiro atoms. The van der Waals surface area contributed by atoms with Gasteiger partial charge < -0.3 is 0 Å². The Morgan fingerprint density at radius 2 is 1.55 bits per heavy atom. The molecule has 0 fully saturated rings. The molecule has 0 unspecified atom stereocenters. The van der Waals surface area contributed by atoms with Gasteiger partial charge in [0, 0.05) is 5.69 Å². The Morgan fingerprint density at radius 1 is 1.00 bits per heavy atom. The lowest BCUT2D eigenvalue weighted by atomic mass is 10.4. The summed E-state index contributed by atoms with van der Waals surface area (Å²) in [4.78, 5) is -0.0997. The summed E-state index contributed by atoms with van der Waals surface area (Å²) in [6, 6.07) is 9.05. The summed E-state index contributed by atoms with van der Waals surface area (Å²) in [6.45, 7) is 2.93. The lowest BCUT2D eigenvalue weighted by Crippen LogP contribution is -2.18. The third-order valence-electron chi connectivity index (χ3n) is 2.91. The van der Waals surface area contributed by atoms with Crippen molar-refractivity contribution in [1.29, 1.82) is 0 Å². The van der Waals surface area contributed by atoms with Gasteiger partial charge in [-0.15, -0.1) is 0 Å². The first kappa shape index (κ1) is 14.8. The van der Waals surface area contributed by atoms with Gasteiger partial charge in [-0.05, 0) is 32.0 Å². The molecule has 0 aliphatic carbocycles. The van der Waals surface area contributed by atoms with Crippen molar-refractivity contribution in [2.24, 2.45) is 5.14 Å². The maximum atomic E-state index is 12.5. The van der Waals surface area contributed by atoms with Gasteiger partial charge in [0.1, 0.15) is 4.90 Å². The van der Waals surface area contributed by atoms with Gasteiger partial charge in [0.15, 0.2) is 0 Å². The molecule has 2 rings (SSSR count). The lowest BCUT2D eigenvalue weighted by molar-refractivity contribution is 0.584. The smallest absolute Gasteiger partial charge is 0.242 e. The highest BCUT2D eigenvalue weighted by atomic mass is 32.2. The largest absolute Gasteiger partial charge is 0.268 e. The molecular weight excluding hydrogens is 300 g/mol. The van der Waals surface area contributed by atoms with E-state index in [-0.39, 0.29) is 21.2 Å². The van der Waals surface area contributed by atoms with E-state index < -0.39 is 20.0 Å². The van der Waals surface area contributed by atoms with Crippen molar-refractivity contribution in [1.82, 2.24) is 3.97 Å². The summed E-state index contributed by atoms with van der Waals surface area (Å²) in [6.07, 6.45) is 0. The van der Waals surface area contributed by atoms with Crippen LogP contribution >= 0.6 is 0 Å². The van der Waals surface area contributed by atoms with Crippen LogP contribution in [0.4, 0.5) is 0 Å². The molecule has 0 saturated carbocycles. The van der Waals surface area contributed by atoms with E-state index in [1.165, 1.54) is 32.0 Å². The number of primary sulfonamides is 1. The van der Waals surface area contributed by atoms with Crippen LogP contribution in [0.5, 0.6) is 0 Å². The molecule has 8 heteroatoms. The molecule has 0 aliphatic rings. The maximum Gasteiger partial charge on any atom is 0.268 e. The molecule has 0 aliphatic heterocycles. The molecule has 2 aromatic rings. The third-order valence-corrected chi connectivity index (χ3v) is 5.85. The fourth-order valence-electron chi connectivity index (χ4n) is 2.07. The number of nitrogens with zero attached hydrogens (tertiary/aromatic N) is 1. The second-order valence-electron chi connectivity index (χ2n) is 4.36. The van der Waals surface area contributed by atoms with E-state index >= 15 is 0 Å². The fourth-order valence-corrected chi connectivity index (χ4v) is 4.57. The van der Waals surface area contributed by atoms with E-state index in [1.807, 2.05) is 0 Å². The molecule has 0 bridgehead atoms. The number of aryl methyl sites for hydroxylation is 1. The van der Waals surface area contributed by atoms with Crippen LogP contribution in [0.25, 0.3) is 0 Å². The Kier molecular flexibility index (Phi) is 3.49. The zero-order valence-electron chi connectivity index (χ0n) is 10.9. The van der Waals surface area contributed by atoms with Crippen LogP contribution in [-0.4, -0.2) is 20.8 Å². The number of sulfonamides is 1. The summed E-state index contributed by atoms with van der Waals surface area (Å²) < 4.78 is 49.0. The monoisotopic (exact) mass is 314 g/mol. The molecule has 108 valence electrons. The second kappa shape index (κ2) is 4.72. The number of nitrogens with two attached hydrogens (primary N) is 1. The van der Waals surface area contributed by atoms with Gasteiger partial charge in [0.25, 0.3) is 10.0 Å². The molecule has 1 aromatic carbocycles. The van der Waals surface area contributed by atoms with Crippen molar-refractivity contribution in [3.05, 3.63) is 47.8 Å². The Balaban J connectivity index is 2.75. The zero-order chi connectivity index (χ0) is 15.1. The first-order valence-corrected chi connectivity index (χ1v) is 8.66. The van der Waals surface area contributed by atoms with Gasteiger partial charge in [-0.1, -0.05) is 18.2 Å². The van der Waals surface area contributed by atoms with Crippen LogP contribution in [0.15, 0.2) is 46.2 Å². The van der Waals surface area contributed by atoms with Crippen LogP contribution in [0.2, 0.25) is 0 Å². The predicted molar refractivity (Wildman–Crippen MR) is 74.3 cm³/mol. The van der Waals surface area contributed by atoms with Gasteiger partial charge in [0.05, 0.1) is 10.6 Å².